The van der Waals surface area contributed by atoms with E-state index in [1.54, 1.807) is 25.1 Å². The molecule has 0 aliphatic heterocycles. The molecule has 0 aromatic heterocycles. The number of sulfone groups is 1. The summed E-state index contributed by atoms with van der Waals surface area (Å²) in [4.78, 5) is 0. The lowest BCUT2D eigenvalue weighted by Gasteiger charge is -2.01. The summed E-state index contributed by atoms with van der Waals surface area (Å²) in [5, 5.41) is 9.39. The van der Waals surface area contributed by atoms with Gasteiger partial charge >= 0.3 is 0 Å². The summed E-state index contributed by atoms with van der Waals surface area (Å²) in [6, 6.07) is 7.20. The Morgan fingerprint density at radius 1 is 1.41 bits per heavy atom. The molecule has 1 aliphatic rings. The van der Waals surface area contributed by atoms with Crippen molar-refractivity contribution in [3.63, 3.8) is 0 Å². The van der Waals surface area contributed by atoms with Gasteiger partial charge in [0.15, 0.2) is 9.84 Å². The summed E-state index contributed by atoms with van der Waals surface area (Å²) >= 11 is 5.89. The molecule has 1 N–H and O–H groups in total. The van der Waals surface area contributed by atoms with Crippen LogP contribution < -0.4 is 0 Å². The van der Waals surface area contributed by atoms with Gasteiger partial charge in [0.1, 0.15) is 0 Å². The normalized spacial score (nSPS) is 28.1. The Hall–Kier alpha value is -0.580. The summed E-state index contributed by atoms with van der Waals surface area (Å²) in [6.45, 7) is 1.54. The molecule has 0 amide bonds. The van der Waals surface area contributed by atoms with Crippen LogP contribution in [0.4, 0.5) is 0 Å². The van der Waals surface area contributed by atoms with Gasteiger partial charge in [-0.25, -0.2) is 8.42 Å². The number of hydrogen-bond acceptors (Lipinski definition) is 3. The monoisotopic (exact) mass is 274 g/mol. The first-order chi connectivity index (χ1) is 8.01. The first-order valence-electron chi connectivity index (χ1n) is 5.59. The van der Waals surface area contributed by atoms with E-state index in [4.69, 9.17) is 11.6 Å². The minimum atomic E-state index is -3.10. The van der Waals surface area contributed by atoms with Crippen LogP contribution in [0.2, 0.25) is 5.02 Å². The standard InChI is InChI=1S/C12H15ClO3S/c1-2-17(15,16)12-10(7-14)11(12)8-4-3-5-9(13)6-8/h3-6,10-12,14H,2,7H2,1H3/t10-,11-,12+/m0/s1. The van der Waals surface area contributed by atoms with E-state index >= 15 is 0 Å². The fourth-order valence-electron chi connectivity index (χ4n) is 2.39. The van der Waals surface area contributed by atoms with Crippen molar-refractivity contribution in [2.45, 2.75) is 18.1 Å². The van der Waals surface area contributed by atoms with Crippen molar-refractivity contribution in [3.05, 3.63) is 34.9 Å². The number of rotatable bonds is 4. The lowest BCUT2D eigenvalue weighted by molar-refractivity contribution is 0.274. The van der Waals surface area contributed by atoms with Gasteiger partial charge in [0.2, 0.25) is 0 Å². The molecule has 94 valence electrons. The topological polar surface area (TPSA) is 54.4 Å². The van der Waals surface area contributed by atoms with Crippen molar-refractivity contribution in [1.82, 2.24) is 0 Å². The molecule has 0 heterocycles. The molecule has 17 heavy (non-hydrogen) atoms. The highest BCUT2D eigenvalue weighted by Gasteiger charge is 2.57. The van der Waals surface area contributed by atoms with Gasteiger partial charge < -0.3 is 5.11 Å². The zero-order valence-electron chi connectivity index (χ0n) is 9.51. The highest BCUT2D eigenvalue weighted by atomic mass is 35.5. The Balaban J connectivity index is 2.29. The second kappa shape index (κ2) is 4.59. The predicted octanol–water partition coefficient (Wildman–Crippen LogP) is 1.85. The highest BCUT2D eigenvalue weighted by Crippen LogP contribution is 2.52. The number of aliphatic hydroxyl groups is 1. The number of aliphatic hydroxyl groups excluding tert-OH is 1. The van der Waals surface area contributed by atoms with Gasteiger partial charge in [-0.2, -0.15) is 0 Å². The van der Waals surface area contributed by atoms with Crippen molar-refractivity contribution in [3.8, 4) is 0 Å². The Morgan fingerprint density at radius 3 is 2.65 bits per heavy atom. The Morgan fingerprint density at radius 2 is 2.12 bits per heavy atom. The molecule has 0 bridgehead atoms. The zero-order valence-corrected chi connectivity index (χ0v) is 11.1. The van der Waals surface area contributed by atoms with E-state index in [1.165, 1.54) is 0 Å². The smallest absolute Gasteiger partial charge is 0.153 e. The maximum Gasteiger partial charge on any atom is 0.153 e. The molecule has 0 saturated heterocycles. The van der Waals surface area contributed by atoms with Crippen molar-refractivity contribution in [2.75, 3.05) is 12.4 Å². The average molecular weight is 275 g/mol. The highest BCUT2D eigenvalue weighted by molar-refractivity contribution is 7.92. The fourth-order valence-corrected chi connectivity index (χ4v) is 4.48. The third-order valence-electron chi connectivity index (χ3n) is 3.36. The summed E-state index contributed by atoms with van der Waals surface area (Å²) in [6.07, 6.45) is 0. The van der Waals surface area contributed by atoms with Crippen molar-refractivity contribution in [1.29, 1.82) is 0 Å². The molecule has 0 radical (unpaired) electrons. The van der Waals surface area contributed by atoms with E-state index in [2.05, 4.69) is 0 Å². The van der Waals surface area contributed by atoms with Crippen LogP contribution in [-0.4, -0.2) is 31.1 Å². The lowest BCUT2D eigenvalue weighted by Crippen LogP contribution is -2.13. The van der Waals surface area contributed by atoms with E-state index in [0.717, 1.165) is 5.56 Å². The maximum absolute atomic E-state index is 11.9. The van der Waals surface area contributed by atoms with Gasteiger partial charge in [-0.1, -0.05) is 30.7 Å². The van der Waals surface area contributed by atoms with Crippen LogP contribution in [0.5, 0.6) is 0 Å². The summed E-state index contributed by atoms with van der Waals surface area (Å²) < 4.78 is 23.7. The van der Waals surface area contributed by atoms with Crippen molar-refractivity contribution < 1.29 is 13.5 Å². The van der Waals surface area contributed by atoms with E-state index in [-0.39, 0.29) is 24.2 Å². The van der Waals surface area contributed by atoms with Crippen LogP contribution in [0, 0.1) is 5.92 Å². The quantitative estimate of drug-likeness (QED) is 0.912. The van der Waals surface area contributed by atoms with E-state index in [1.807, 2.05) is 6.07 Å². The second-order valence-electron chi connectivity index (χ2n) is 4.34. The van der Waals surface area contributed by atoms with Crippen LogP contribution in [0.15, 0.2) is 24.3 Å². The molecule has 1 aromatic rings. The van der Waals surface area contributed by atoms with Gasteiger partial charge in [0.05, 0.1) is 5.25 Å². The van der Waals surface area contributed by atoms with Crippen LogP contribution in [0.25, 0.3) is 0 Å². The Bertz CT molecular complexity index is 512. The van der Waals surface area contributed by atoms with Gasteiger partial charge in [-0.05, 0) is 17.7 Å². The van der Waals surface area contributed by atoms with Gasteiger partial charge in [-0.3, -0.25) is 0 Å². The van der Waals surface area contributed by atoms with E-state index < -0.39 is 15.1 Å². The van der Waals surface area contributed by atoms with E-state index in [0.29, 0.717) is 5.02 Å². The number of halogens is 1. The van der Waals surface area contributed by atoms with Crippen LogP contribution in [0.1, 0.15) is 18.4 Å². The summed E-state index contributed by atoms with van der Waals surface area (Å²) in [7, 11) is -3.10. The third-order valence-corrected chi connectivity index (χ3v) is 5.87. The molecular formula is C12H15ClO3S. The molecule has 2 rings (SSSR count). The largest absolute Gasteiger partial charge is 0.396 e. The minimum absolute atomic E-state index is 0.0962. The first kappa shape index (κ1) is 12.9. The lowest BCUT2D eigenvalue weighted by atomic mass is 10.1. The molecule has 1 aromatic carbocycles. The van der Waals surface area contributed by atoms with Crippen molar-refractivity contribution >= 4 is 21.4 Å². The molecular weight excluding hydrogens is 260 g/mol. The fraction of sp³-hybridized carbons (Fsp3) is 0.500. The molecule has 5 heteroatoms. The second-order valence-corrected chi connectivity index (χ2v) is 7.23. The molecule has 3 atom stereocenters. The average Bonchev–Trinajstić information content (AvgIpc) is 3.04. The SMILES string of the molecule is CCS(=O)(=O)[C@@H]1[C@@H](CO)[C@@H]1c1cccc(Cl)c1. The number of benzene rings is 1. The Kier molecular flexibility index (Phi) is 3.48. The third kappa shape index (κ3) is 2.34. The molecule has 3 nitrogen and oxygen atoms in total. The molecule has 1 aliphatic carbocycles. The molecule has 0 spiro atoms. The molecule has 1 saturated carbocycles. The molecule has 0 unspecified atom stereocenters. The van der Waals surface area contributed by atoms with E-state index in [9.17, 15) is 13.5 Å². The van der Waals surface area contributed by atoms with Gasteiger partial charge in [-0.15, -0.1) is 0 Å². The number of hydrogen-bond donors (Lipinski definition) is 1. The van der Waals surface area contributed by atoms with Crippen LogP contribution in [0.3, 0.4) is 0 Å². The maximum atomic E-state index is 11.9. The summed E-state index contributed by atoms with van der Waals surface area (Å²) in [5.74, 6) is -0.173. The van der Waals surface area contributed by atoms with Gasteiger partial charge in [0, 0.05) is 29.2 Å². The molecule has 1 fully saturated rings. The van der Waals surface area contributed by atoms with Crippen LogP contribution in [-0.2, 0) is 9.84 Å². The Labute approximate surface area is 106 Å². The summed E-state index contributed by atoms with van der Waals surface area (Å²) in [5.41, 5.74) is 0.901. The minimum Gasteiger partial charge on any atom is -0.396 e. The first-order valence-corrected chi connectivity index (χ1v) is 7.68. The zero-order chi connectivity index (χ0) is 12.6. The predicted molar refractivity (Wildman–Crippen MR) is 68.0 cm³/mol. The van der Waals surface area contributed by atoms with Crippen LogP contribution >= 0.6 is 11.6 Å². The van der Waals surface area contributed by atoms with Gasteiger partial charge in [0.25, 0.3) is 0 Å². The van der Waals surface area contributed by atoms with Crippen molar-refractivity contribution in [2.24, 2.45) is 5.92 Å².